The highest BCUT2D eigenvalue weighted by Crippen LogP contribution is 2.26. The van der Waals surface area contributed by atoms with E-state index in [2.05, 4.69) is 10.3 Å². The molecule has 0 bridgehead atoms. The first kappa shape index (κ1) is 13.5. The Labute approximate surface area is 108 Å². The number of aliphatic hydroxyl groups is 1. The van der Waals surface area contributed by atoms with Crippen LogP contribution in [0.25, 0.3) is 0 Å². The van der Waals surface area contributed by atoms with E-state index in [9.17, 15) is 14.4 Å². The second-order valence-electron chi connectivity index (χ2n) is 4.27. The van der Waals surface area contributed by atoms with Crippen LogP contribution in [0.1, 0.15) is 19.1 Å². The van der Waals surface area contributed by atoms with E-state index in [1.807, 2.05) is 0 Å². The van der Waals surface area contributed by atoms with Crippen LogP contribution in [0.2, 0.25) is 0 Å². The highest BCUT2D eigenvalue weighted by molar-refractivity contribution is 5.76. The molecule has 1 aliphatic heterocycles. The van der Waals surface area contributed by atoms with E-state index in [0.717, 1.165) is 0 Å². The van der Waals surface area contributed by atoms with Crippen molar-refractivity contribution in [2.24, 2.45) is 0 Å². The first-order chi connectivity index (χ1) is 9.10. The summed E-state index contributed by atoms with van der Waals surface area (Å²) in [5, 5.41) is 11.1. The summed E-state index contributed by atoms with van der Waals surface area (Å²) in [6.45, 7) is -0.274. The van der Waals surface area contributed by atoms with Crippen LogP contribution in [0, 0.1) is 0 Å². The number of H-pyrrole nitrogens is 1. The van der Waals surface area contributed by atoms with Gasteiger partial charge in [0, 0.05) is 18.8 Å². The van der Waals surface area contributed by atoms with Gasteiger partial charge in [-0.05, 0) is 12.8 Å². The van der Waals surface area contributed by atoms with E-state index in [0.29, 0.717) is 12.8 Å². The Morgan fingerprint density at radius 3 is 3.00 bits per heavy atom. The molecular formula is C11H15N3O5. The molecule has 19 heavy (non-hydrogen) atoms. The molecule has 2 unspecified atom stereocenters. The lowest BCUT2D eigenvalue weighted by Crippen LogP contribution is -2.35. The maximum absolute atomic E-state index is 11.6. The number of carbonyl (C=O) groups is 1. The number of amides is 1. The number of carbonyl (C=O) groups excluding carboxylic acids is 1. The van der Waals surface area contributed by atoms with Crippen molar-refractivity contribution < 1.29 is 14.6 Å². The van der Waals surface area contributed by atoms with E-state index >= 15 is 0 Å². The SMILES string of the molecule is O=C(CO)NCC1CCC(n2ccc(=O)[nH]c2=O)O1. The summed E-state index contributed by atoms with van der Waals surface area (Å²) >= 11 is 0. The maximum Gasteiger partial charge on any atom is 0.330 e. The van der Waals surface area contributed by atoms with Crippen molar-refractivity contribution in [2.45, 2.75) is 25.2 Å². The lowest BCUT2D eigenvalue weighted by molar-refractivity contribution is -0.124. The normalized spacial score (nSPS) is 22.4. The third kappa shape index (κ3) is 3.30. The van der Waals surface area contributed by atoms with Crippen LogP contribution in [0.15, 0.2) is 21.9 Å². The molecule has 1 fully saturated rings. The Morgan fingerprint density at radius 2 is 2.32 bits per heavy atom. The predicted octanol–water partition coefficient (Wildman–Crippen LogP) is -1.68. The van der Waals surface area contributed by atoms with Gasteiger partial charge >= 0.3 is 5.69 Å². The Balaban J connectivity index is 1.96. The van der Waals surface area contributed by atoms with Gasteiger partial charge < -0.3 is 15.2 Å². The molecule has 8 nitrogen and oxygen atoms in total. The average Bonchev–Trinajstić information content (AvgIpc) is 2.84. The number of aromatic amines is 1. The van der Waals surface area contributed by atoms with Crippen LogP contribution in [0.4, 0.5) is 0 Å². The summed E-state index contributed by atoms with van der Waals surface area (Å²) in [7, 11) is 0. The fourth-order valence-corrected chi connectivity index (χ4v) is 1.98. The van der Waals surface area contributed by atoms with Crippen molar-refractivity contribution in [1.29, 1.82) is 0 Å². The molecule has 0 saturated carbocycles. The molecule has 0 aromatic carbocycles. The summed E-state index contributed by atoms with van der Waals surface area (Å²) < 4.78 is 6.92. The molecular weight excluding hydrogens is 254 g/mol. The molecule has 1 saturated heterocycles. The van der Waals surface area contributed by atoms with Crippen molar-refractivity contribution in [3.05, 3.63) is 33.1 Å². The zero-order chi connectivity index (χ0) is 13.8. The summed E-state index contributed by atoms with van der Waals surface area (Å²) in [6, 6.07) is 1.26. The van der Waals surface area contributed by atoms with E-state index in [1.165, 1.54) is 16.8 Å². The molecule has 1 amide bonds. The maximum atomic E-state index is 11.6. The minimum atomic E-state index is -0.560. The highest BCUT2D eigenvalue weighted by atomic mass is 16.5. The first-order valence-corrected chi connectivity index (χ1v) is 5.94. The van der Waals surface area contributed by atoms with Crippen molar-refractivity contribution >= 4 is 5.91 Å². The lowest BCUT2D eigenvalue weighted by atomic mass is 10.2. The van der Waals surface area contributed by atoms with Gasteiger partial charge in [0.2, 0.25) is 5.91 Å². The number of nitrogens with zero attached hydrogens (tertiary/aromatic N) is 1. The molecule has 2 atom stereocenters. The fourth-order valence-electron chi connectivity index (χ4n) is 1.98. The quantitative estimate of drug-likeness (QED) is 0.604. The fraction of sp³-hybridized carbons (Fsp3) is 0.545. The van der Waals surface area contributed by atoms with Crippen molar-refractivity contribution in [3.63, 3.8) is 0 Å². The van der Waals surface area contributed by atoms with Crippen molar-refractivity contribution in [1.82, 2.24) is 14.9 Å². The predicted molar refractivity (Wildman–Crippen MR) is 64.6 cm³/mol. The molecule has 1 aromatic heterocycles. The van der Waals surface area contributed by atoms with Crippen molar-refractivity contribution in [2.75, 3.05) is 13.2 Å². The number of aromatic nitrogens is 2. The largest absolute Gasteiger partial charge is 0.387 e. The van der Waals surface area contributed by atoms with Crippen LogP contribution in [-0.2, 0) is 9.53 Å². The third-order valence-corrected chi connectivity index (χ3v) is 2.92. The molecule has 0 aliphatic carbocycles. The van der Waals surface area contributed by atoms with Gasteiger partial charge in [-0.15, -0.1) is 0 Å². The Hall–Kier alpha value is -1.93. The van der Waals surface area contributed by atoms with E-state index in [1.54, 1.807) is 0 Å². The monoisotopic (exact) mass is 269 g/mol. The molecule has 1 aromatic rings. The number of hydrogen-bond acceptors (Lipinski definition) is 5. The van der Waals surface area contributed by atoms with Gasteiger partial charge in [0.15, 0.2) is 0 Å². The molecule has 0 spiro atoms. The molecule has 2 rings (SSSR count). The van der Waals surface area contributed by atoms with Gasteiger partial charge in [-0.3, -0.25) is 19.1 Å². The Morgan fingerprint density at radius 1 is 1.53 bits per heavy atom. The molecule has 104 valence electrons. The first-order valence-electron chi connectivity index (χ1n) is 5.94. The standard InChI is InChI=1S/C11H15N3O5/c15-6-9(17)12-5-7-1-2-10(19-7)14-4-3-8(16)13-11(14)18/h3-4,7,10,15H,1-2,5-6H2,(H,12,17)(H,13,16,18). The van der Waals surface area contributed by atoms with Gasteiger partial charge in [0.25, 0.3) is 5.56 Å². The second kappa shape index (κ2) is 5.81. The van der Waals surface area contributed by atoms with Crippen LogP contribution in [0.5, 0.6) is 0 Å². The molecule has 0 radical (unpaired) electrons. The summed E-state index contributed by atoms with van der Waals surface area (Å²) in [4.78, 5) is 35.6. The highest BCUT2D eigenvalue weighted by Gasteiger charge is 2.27. The van der Waals surface area contributed by atoms with Gasteiger partial charge in [-0.25, -0.2) is 4.79 Å². The van der Waals surface area contributed by atoms with Gasteiger partial charge in [-0.2, -0.15) is 0 Å². The Bertz CT molecular complexity index is 564. The van der Waals surface area contributed by atoms with Crippen LogP contribution in [0.3, 0.4) is 0 Å². The van der Waals surface area contributed by atoms with Gasteiger partial charge in [0.1, 0.15) is 12.8 Å². The molecule has 2 heterocycles. The summed E-state index contributed by atoms with van der Waals surface area (Å²) in [5.74, 6) is -0.465. The average molecular weight is 269 g/mol. The minimum absolute atomic E-state index is 0.209. The Kier molecular flexibility index (Phi) is 4.13. The molecule has 8 heteroatoms. The number of hydrogen-bond donors (Lipinski definition) is 3. The van der Waals surface area contributed by atoms with Crippen LogP contribution >= 0.6 is 0 Å². The summed E-state index contributed by atoms with van der Waals surface area (Å²) in [5.41, 5.74) is -0.969. The van der Waals surface area contributed by atoms with Gasteiger partial charge in [0.05, 0.1) is 6.10 Å². The van der Waals surface area contributed by atoms with E-state index in [4.69, 9.17) is 9.84 Å². The third-order valence-electron chi connectivity index (χ3n) is 2.92. The molecule has 3 N–H and O–H groups in total. The molecule has 1 aliphatic rings. The number of rotatable bonds is 4. The number of nitrogens with one attached hydrogen (secondary N) is 2. The smallest absolute Gasteiger partial charge is 0.330 e. The van der Waals surface area contributed by atoms with Crippen molar-refractivity contribution in [3.8, 4) is 0 Å². The summed E-state index contributed by atoms with van der Waals surface area (Å²) in [6.07, 6.45) is 2.04. The van der Waals surface area contributed by atoms with Crippen LogP contribution in [-0.4, -0.2) is 39.8 Å². The number of ether oxygens (including phenoxy) is 1. The van der Waals surface area contributed by atoms with Gasteiger partial charge in [-0.1, -0.05) is 0 Å². The zero-order valence-electron chi connectivity index (χ0n) is 10.2. The minimum Gasteiger partial charge on any atom is -0.387 e. The van der Waals surface area contributed by atoms with Crippen LogP contribution < -0.4 is 16.6 Å². The topological polar surface area (TPSA) is 113 Å². The lowest BCUT2D eigenvalue weighted by Gasteiger charge is -2.15. The van der Waals surface area contributed by atoms with E-state index < -0.39 is 30.0 Å². The van der Waals surface area contributed by atoms with E-state index in [-0.39, 0.29) is 12.6 Å². The zero-order valence-corrected chi connectivity index (χ0v) is 10.2. The number of aliphatic hydroxyl groups excluding tert-OH is 1. The second-order valence-corrected chi connectivity index (χ2v) is 4.27.